The number of benzene rings is 3. The number of ether oxygens (including phenoxy) is 3. The van der Waals surface area contributed by atoms with Crippen molar-refractivity contribution in [3.05, 3.63) is 83.7 Å². The van der Waals surface area contributed by atoms with Crippen LogP contribution in [0, 0.1) is 5.82 Å². The summed E-state index contributed by atoms with van der Waals surface area (Å²) in [6.07, 6.45) is 1.19. The van der Waals surface area contributed by atoms with Crippen LogP contribution in [0.2, 0.25) is 0 Å². The summed E-state index contributed by atoms with van der Waals surface area (Å²) in [4.78, 5) is 12.6. The Kier molecular flexibility index (Phi) is 6.21. The number of carbonyl (C=O) groups excluding carboxylic acids is 1. The second-order valence-corrected chi connectivity index (χ2v) is 7.25. The number of anilines is 1. The van der Waals surface area contributed by atoms with Gasteiger partial charge in [0.15, 0.2) is 11.5 Å². The predicted octanol–water partition coefficient (Wildman–Crippen LogP) is 4.54. The highest BCUT2D eigenvalue weighted by Crippen LogP contribution is 2.33. The SMILES string of the molecule is COc1ccc(C[C@H](Cc2ccc3c(c2)OCO3)NC(=O)Nc2cccc(F)c2)cc1. The minimum absolute atomic E-state index is 0.206. The summed E-state index contributed by atoms with van der Waals surface area (Å²) >= 11 is 0. The van der Waals surface area contributed by atoms with Crippen LogP contribution in [-0.2, 0) is 12.8 Å². The Morgan fingerprint density at radius 2 is 1.74 bits per heavy atom. The van der Waals surface area contributed by atoms with Crippen LogP contribution in [0.1, 0.15) is 11.1 Å². The van der Waals surface area contributed by atoms with E-state index in [-0.39, 0.29) is 12.8 Å². The van der Waals surface area contributed by atoms with Crippen molar-refractivity contribution in [3.63, 3.8) is 0 Å². The smallest absolute Gasteiger partial charge is 0.319 e. The normalized spacial score (nSPS) is 12.8. The van der Waals surface area contributed by atoms with Crippen molar-refractivity contribution in [2.24, 2.45) is 0 Å². The van der Waals surface area contributed by atoms with E-state index in [0.717, 1.165) is 16.9 Å². The number of nitrogens with one attached hydrogen (secondary N) is 2. The average Bonchev–Trinajstić information content (AvgIpc) is 3.22. The first-order chi connectivity index (χ1) is 15.1. The first-order valence-corrected chi connectivity index (χ1v) is 9.93. The Morgan fingerprint density at radius 1 is 1.00 bits per heavy atom. The molecule has 0 fully saturated rings. The first-order valence-electron chi connectivity index (χ1n) is 9.93. The van der Waals surface area contributed by atoms with Crippen molar-refractivity contribution >= 4 is 11.7 Å². The molecule has 2 N–H and O–H groups in total. The fraction of sp³-hybridized carbons (Fsp3) is 0.208. The molecule has 6 nitrogen and oxygen atoms in total. The Morgan fingerprint density at radius 3 is 2.52 bits per heavy atom. The maximum atomic E-state index is 13.4. The van der Waals surface area contributed by atoms with Gasteiger partial charge in [-0.25, -0.2) is 9.18 Å². The average molecular weight is 422 g/mol. The lowest BCUT2D eigenvalue weighted by molar-refractivity contribution is 0.174. The van der Waals surface area contributed by atoms with Crippen molar-refractivity contribution in [1.29, 1.82) is 0 Å². The maximum absolute atomic E-state index is 13.4. The topological polar surface area (TPSA) is 68.8 Å². The highest BCUT2D eigenvalue weighted by Gasteiger charge is 2.18. The fourth-order valence-corrected chi connectivity index (χ4v) is 3.49. The van der Waals surface area contributed by atoms with E-state index in [1.54, 1.807) is 19.2 Å². The predicted molar refractivity (Wildman–Crippen MR) is 115 cm³/mol. The molecule has 31 heavy (non-hydrogen) atoms. The van der Waals surface area contributed by atoms with E-state index in [9.17, 15) is 9.18 Å². The molecule has 2 amide bonds. The third kappa shape index (κ3) is 5.45. The van der Waals surface area contributed by atoms with Crippen LogP contribution in [0.3, 0.4) is 0 Å². The van der Waals surface area contributed by atoms with Crippen LogP contribution in [0.5, 0.6) is 17.2 Å². The molecule has 1 aliphatic heterocycles. The lowest BCUT2D eigenvalue weighted by Gasteiger charge is -2.20. The Hall–Kier alpha value is -3.74. The van der Waals surface area contributed by atoms with Crippen LogP contribution < -0.4 is 24.8 Å². The summed E-state index contributed by atoms with van der Waals surface area (Å²) in [5.41, 5.74) is 2.45. The number of carbonyl (C=O) groups is 1. The van der Waals surface area contributed by atoms with E-state index < -0.39 is 11.8 Å². The second kappa shape index (κ2) is 9.38. The van der Waals surface area contributed by atoms with Gasteiger partial charge in [0.25, 0.3) is 0 Å². The highest BCUT2D eigenvalue weighted by molar-refractivity contribution is 5.89. The largest absolute Gasteiger partial charge is 0.497 e. The van der Waals surface area contributed by atoms with E-state index in [2.05, 4.69) is 10.6 Å². The number of methoxy groups -OCH3 is 1. The van der Waals surface area contributed by atoms with Gasteiger partial charge in [-0.2, -0.15) is 0 Å². The monoisotopic (exact) mass is 422 g/mol. The molecule has 1 atom stereocenters. The molecule has 4 rings (SSSR count). The van der Waals surface area contributed by atoms with E-state index in [0.29, 0.717) is 30.0 Å². The van der Waals surface area contributed by atoms with Crippen LogP contribution in [0.15, 0.2) is 66.7 Å². The lowest BCUT2D eigenvalue weighted by Crippen LogP contribution is -2.40. The van der Waals surface area contributed by atoms with Gasteiger partial charge < -0.3 is 24.8 Å². The van der Waals surface area contributed by atoms with Crippen molar-refractivity contribution in [2.45, 2.75) is 18.9 Å². The van der Waals surface area contributed by atoms with Gasteiger partial charge in [0.1, 0.15) is 11.6 Å². The third-order valence-electron chi connectivity index (χ3n) is 4.98. The van der Waals surface area contributed by atoms with Crippen molar-refractivity contribution < 1.29 is 23.4 Å². The third-order valence-corrected chi connectivity index (χ3v) is 4.98. The van der Waals surface area contributed by atoms with Crippen molar-refractivity contribution in [2.75, 3.05) is 19.2 Å². The molecule has 1 heterocycles. The summed E-state index contributed by atoms with van der Waals surface area (Å²) in [7, 11) is 1.62. The number of fused-ring (bicyclic) bond motifs is 1. The molecule has 0 unspecified atom stereocenters. The highest BCUT2D eigenvalue weighted by atomic mass is 19.1. The molecule has 0 saturated heterocycles. The molecular weight excluding hydrogens is 399 g/mol. The molecule has 3 aromatic carbocycles. The Bertz CT molecular complexity index is 1060. The molecule has 160 valence electrons. The number of hydrogen-bond donors (Lipinski definition) is 2. The van der Waals surface area contributed by atoms with Gasteiger partial charge in [0.2, 0.25) is 6.79 Å². The molecule has 7 heteroatoms. The molecular formula is C24H23FN2O4. The number of hydrogen-bond acceptors (Lipinski definition) is 4. The van der Waals surface area contributed by atoms with Gasteiger partial charge in [-0.1, -0.05) is 24.3 Å². The number of amides is 2. The molecule has 0 spiro atoms. The van der Waals surface area contributed by atoms with Crippen molar-refractivity contribution in [1.82, 2.24) is 5.32 Å². The molecule has 0 saturated carbocycles. The molecule has 0 aromatic heterocycles. The maximum Gasteiger partial charge on any atom is 0.319 e. The zero-order valence-electron chi connectivity index (χ0n) is 17.1. The summed E-state index contributed by atoms with van der Waals surface area (Å²) in [6, 6.07) is 18.7. The molecule has 1 aliphatic rings. The minimum Gasteiger partial charge on any atom is -0.497 e. The lowest BCUT2D eigenvalue weighted by atomic mass is 9.98. The number of rotatable bonds is 7. The molecule has 0 radical (unpaired) electrons. The van der Waals surface area contributed by atoms with E-state index in [1.807, 2.05) is 42.5 Å². The summed E-state index contributed by atoms with van der Waals surface area (Å²) < 4.78 is 29.5. The summed E-state index contributed by atoms with van der Waals surface area (Å²) in [5.74, 6) is 1.78. The van der Waals surface area contributed by atoms with Gasteiger partial charge in [-0.3, -0.25) is 0 Å². The molecule has 0 aliphatic carbocycles. The minimum atomic E-state index is -0.409. The van der Waals surface area contributed by atoms with Crippen LogP contribution in [-0.4, -0.2) is 26.0 Å². The Labute approximate surface area is 179 Å². The number of halogens is 1. The fourth-order valence-electron chi connectivity index (χ4n) is 3.49. The first kappa shape index (κ1) is 20.5. The van der Waals surface area contributed by atoms with Gasteiger partial charge >= 0.3 is 6.03 Å². The molecule has 3 aromatic rings. The van der Waals surface area contributed by atoms with Gasteiger partial charge in [-0.05, 0) is 66.4 Å². The second-order valence-electron chi connectivity index (χ2n) is 7.25. The van der Waals surface area contributed by atoms with E-state index in [1.165, 1.54) is 12.1 Å². The zero-order chi connectivity index (χ0) is 21.6. The zero-order valence-corrected chi connectivity index (χ0v) is 17.1. The quantitative estimate of drug-likeness (QED) is 0.587. The number of urea groups is 1. The molecule has 0 bridgehead atoms. The standard InChI is InChI=1S/C24H23FN2O4/c1-29-21-8-5-16(6-9-21)11-20(12-17-7-10-22-23(13-17)31-15-30-22)27-24(28)26-19-4-2-3-18(25)14-19/h2-10,13-14,20H,11-12,15H2,1H3,(H2,26,27,28)/t20-/m1/s1. The van der Waals surface area contributed by atoms with Crippen molar-refractivity contribution in [3.8, 4) is 17.2 Å². The van der Waals surface area contributed by atoms with Gasteiger partial charge in [0.05, 0.1) is 7.11 Å². The van der Waals surface area contributed by atoms with E-state index >= 15 is 0 Å². The summed E-state index contributed by atoms with van der Waals surface area (Å²) in [5, 5.41) is 5.69. The van der Waals surface area contributed by atoms with Crippen LogP contribution >= 0.6 is 0 Å². The summed E-state index contributed by atoms with van der Waals surface area (Å²) in [6.45, 7) is 0.211. The van der Waals surface area contributed by atoms with Crippen LogP contribution in [0.25, 0.3) is 0 Å². The Balaban J connectivity index is 1.48. The van der Waals surface area contributed by atoms with Crippen LogP contribution in [0.4, 0.5) is 14.9 Å². The van der Waals surface area contributed by atoms with Gasteiger partial charge in [-0.15, -0.1) is 0 Å². The van der Waals surface area contributed by atoms with Gasteiger partial charge in [0, 0.05) is 11.7 Å². The van der Waals surface area contributed by atoms with E-state index in [4.69, 9.17) is 14.2 Å².